The molecule has 0 aliphatic rings. The highest BCUT2D eigenvalue weighted by Crippen LogP contribution is 2.15. The molecule has 2 aromatic rings. The molecule has 1 aromatic carbocycles. The van der Waals surface area contributed by atoms with Crippen molar-refractivity contribution < 1.29 is 0 Å². The summed E-state index contributed by atoms with van der Waals surface area (Å²) in [6.07, 6.45) is 4.10. The van der Waals surface area contributed by atoms with Gasteiger partial charge in [-0.2, -0.15) is 0 Å². The number of aromatic nitrogens is 1. The number of hydrogen-bond acceptors (Lipinski definition) is 1. The van der Waals surface area contributed by atoms with Gasteiger partial charge in [-0.25, -0.2) is 0 Å². The van der Waals surface area contributed by atoms with Crippen molar-refractivity contribution in [2.75, 3.05) is 0 Å². The fourth-order valence-corrected chi connectivity index (χ4v) is 1.63. The van der Waals surface area contributed by atoms with Crippen LogP contribution in [-0.4, -0.2) is 13.4 Å². The van der Waals surface area contributed by atoms with Gasteiger partial charge >= 0.3 is 0 Å². The Morgan fingerprint density at radius 2 is 1.29 bits per heavy atom. The Hall–Kier alpha value is -1.31. The lowest BCUT2D eigenvalue weighted by Crippen LogP contribution is -1.86. The molecule has 0 atom stereocenters. The van der Waals surface area contributed by atoms with Crippen molar-refractivity contribution in [2.45, 2.75) is 68.2 Å². The van der Waals surface area contributed by atoms with E-state index in [1.165, 1.54) is 16.5 Å². The third-order valence-electron chi connectivity index (χ3n) is 2.62. The van der Waals surface area contributed by atoms with E-state index in [-0.39, 0.29) is 8.41 Å². The zero-order valence-electron chi connectivity index (χ0n) is 15.3. The highest BCUT2D eigenvalue weighted by Gasteiger charge is 1.97. The molecule has 0 N–H and O–H groups in total. The SMILES string of the molecule is CC.CC.CC.CCc1cnc2cc(CC)ccc2c1.[B]. The number of rotatable bonds is 2. The molecule has 0 spiro atoms. The molecule has 2 heteroatoms. The standard InChI is InChI=1S/C13H15N.3C2H6.B/c1-3-10-5-6-12-7-11(4-2)9-14-13(12)8-10;3*1-2;/h5-9H,3-4H2,1-2H3;3*1-2H3;. The second-order valence-electron chi connectivity index (χ2n) is 3.58. The van der Waals surface area contributed by atoms with Crippen molar-refractivity contribution in [3.05, 3.63) is 41.6 Å². The van der Waals surface area contributed by atoms with Crippen LogP contribution in [0.15, 0.2) is 30.5 Å². The molecule has 1 heterocycles. The van der Waals surface area contributed by atoms with Crippen molar-refractivity contribution in [3.8, 4) is 0 Å². The molecule has 2 rings (SSSR count). The summed E-state index contributed by atoms with van der Waals surface area (Å²) in [7, 11) is 0. The molecule has 3 radical (unpaired) electrons. The van der Waals surface area contributed by atoms with Crippen molar-refractivity contribution in [1.82, 2.24) is 4.98 Å². The van der Waals surface area contributed by atoms with Crippen LogP contribution in [-0.2, 0) is 12.8 Å². The van der Waals surface area contributed by atoms with Crippen LogP contribution in [0.5, 0.6) is 0 Å². The number of benzene rings is 1. The van der Waals surface area contributed by atoms with Crippen molar-refractivity contribution in [3.63, 3.8) is 0 Å². The Labute approximate surface area is 134 Å². The molecular formula is C19H33BN. The minimum absolute atomic E-state index is 0. The molecule has 0 saturated heterocycles. The zero-order valence-corrected chi connectivity index (χ0v) is 15.3. The summed E-state index contributed by atoms with van der Waals surface area (Å²) in [5.41, 5.74) is 3.78. The molecule has 0 aliphatic heterocycles. The second kappa shape index (κ2) is 16.7. The molecular weight excluding hydrogens is 253 g/mol. The van der Waals surface area contributed by atoms with Crippen LogP contribution in [0.1, 0.15) is 66.5 Å². The van der Waals surface area contributed by atoms with Crippen LogP contribution in [0.3, 0.4) is 0 Å². The topological polar surface area (TPSA) is 12.9 Å². The maximum atomic E-state index is 4.46. The first-order valence-electron chi connectivity index (χ1n) is 8.21. The van der Waals surface area contributed by atoms with Gasteiger partial charge < -0.3 is 0 Å². The van der Waals surface area contributed by atoms with Crippen LogP contribution in [0.2, 0.25) is 0 Å². The van der Waals surface area contributed by atoms with E-state index in [0.29, 0.717) is 0 Å². The minimum Gasteiger partial charge on any atom is -0.256 e. The number of nitrogens with zero attached hydrogens (tertiary/aromatic N) is 1. The molecule has 21 heavy (non-hydrogen) atoms. The van der Waals surface area contributed by atoms with E-state index in [2.05, 4.69) is 43.1 Å². The molecule has 0 bridgehead atoms. The van der Waals surface area contributed by atoms with Crippen LogP contribution < -0.4 is 0 Å². The maximum absolute atomic E-state index is 4.46. The first kappa shape index (κ1) is 24.7. The lowest BCUT2D eigenvalue weighted by molar-refractivity contribution is 1.11. The Morgan fingerprint density at radius 3 is 1.76 bits per heavy atom. The lowest BCUT2D eigenvalue weighted by Gasteiger charge is -2.02. The smallest absolute Gasteiger partial charge is 0.0704 e. The van der Waals surface area contributed by atoms with Gasteiger partial charge in [0, 0.05) is 20.0 Å². The molecule has 0 unspecified atom stereocenters. The third-order valence-corrected chi connectivity index (χ3v) is 2.62. The van der Waals surface area contributed by atoms with Gasteiger partial charge in [-0.1, -0.05) is 67.5 Å². The summed E-state index contributed by atoms with van der Waals surface area (Å²) >= 11 is 0. The average Bonchev–Trinajstić information content (AvgIpc) is 2.59. The summed E-state index contributed by atoms with van der Waals surface area (Å²) in [6.45, 7) is 16.3. The summed E-state index contributed by atoms with van der Waals surface area (Å²) in [5.74, 6) is 0. The summed E-state index contributed by atoms with van der Waals surface area (Å²) in [4.78, 5) is 4.46. The Balaban J connectivity index is -0.000000414. The third kappa shape index (κ3) is 8.54. The fourth-order valence-electron chi connectivity index (χ4n) is 1.63. The molecule has 0 amide bonds. The largest absolute Gasteiger partial charge is 0.256 e. The predicted octanol–water partition coefficient (Wildman–Crippen LogP) is 6.06. The first-order chi connectivity index (χ1) is 9.83. The predicted molar refractivity (Wildman–Crippen MR) is 100 cm³/mol. The Morgan fingerprint density at radius 1 is 0.762 bits per heavy atom. The van der Waals surface area contributed by atoms with Crippen molar-refractivity contribution in [1.29, 1.82) is 0 Å². The molecule has 0 aliphatic carbocycles. The van der Waals surface area contributed by atoms with Crippen LogP contribution in [0.25, 0.3) is 10.9 Å². The van der Waals surface area contributed by atoms with E-state index in [1.807, 2.05) is 47.7 Å². The number of fused-ring (bicyclic) bond motifs is 1. The lowest BCUT2D eigenvalue weighted by atomic mass is 10.1. The van der Waals surface area contributed by atoms with E-state index < -0.39 is 0 Å². The van der Waals surface area contributed by atoms with Gasteiger partial charge in [0.05, 0.1) is 5.52 Å². The second-order valence-corrected chi connectivity index (χ2v) is 3.58. The summed E-state index contributed by atoms with van der Waals surface area (Å²) in [5, 5.41) is 1.25. The number of aryl methyl sites for hydroxylation is 2. The fraction of sp³-hybridized carbons (Fsp3) is 0.526. The minimum atomic E-state index is 0. The van der Waals surface area contributed by atoms with E-state index in [1.54, 1.807) is 0 Å². The molecule has 1 aromatic heterocycles. The highest BCUT2D eigenvalue weighted by molar-refractivity contribution is 5.79. The monoisotopic (exact) mass is 286 g/mol. The van der Waals surface area contributed by atoms with Gasteiger partial charge in [-0.3, -0.25) is 4.98 Å². The summed E-state index contributed by atoms with van der Waals surface area (Å²) in [6, 6.07) is 8.75. The molecule has 0 fully saturated rings. The average molecular weight is 286 g/mol. The zero-order chi connectivity index (χ0) is 16.0. The highest BCUT2D eigenvalue weighted by atomic mass is 14.6. The normalized spacial score (nSPS) is 8.00. The molecule has 1 nitrogen and oxygen atoms in total. The van der Waals surface area contributed by atoms with Crippen molar-refractivity contribution >= 4 is 19.3 Å². The van der Waals surface area contributed by atoms with E-state index >= 15 is 0 Å². The Kier molecular flexibility index (Phi) is 19.7. The first-order valence-corrected chi connectivity index (χ1v) is 8.21. The quantitative estimate of drug-likeness (QED) is 0.612. The van der Waals surface area contributed by atoms with Crippen LogP contribution in [0.4, 0.5) is 0 Å². The van der Waals surface area contributed by atoms with Crippen molar-refractivity contribution in [2.24, 2.45) is 0 Å². The molecule has 117 valence electrons. The van der Waals surface area contributed by atoms with E-state index in [9.17, 15) is 0 Å². The number of pyridine rings is 1. The van der Waals surface area contributed by atoms with Gasteiger partial charge in [0.2, 0.25) is 0 Å². The van der Waals surface area contributed by atoms with Gasteiger partial charge in [-0.15, -0.1) is 0 Å². The van der Waals surface area contributed by atoms with Gasteiger partial charge in [0.15, 0.2) is 0 Å². The molecule has 0 saturated carbocycles. The number of hydrogen-bond donors (Lipinski definition) is 0. The van der Waals surface area contributed by atoms with E-state index in [4.69, 9.17) is 0 Å². The van der Waals surface area contributed by atoms with Crippen LogP contribution in [0, 0.1) is 0 Å². The maximum Gasteiger partial charge on any atom is 0.0704 e. The Bertz CT molecular complexity index is 409. The summed E-state index contributed by atoms with van der Waals surface area (Å²) < 4.78 is 0. The van der Waals surface area contributed by atoms with Gasteiger partial charge in [-0.05, 0) is 36.1 Å². The van der Waals surface area contributed by atoms with Crippen LogP contribution >= 0.6 is 0 Å². The van der Waals surface area contributed by atoms with E-state index in [0.717, 1.165) is 18.4 Å². The van der Waals surface area contributed by atoms with Gasteiger partial charge in [0.25, 0.3) is 0 Å². The van der Waals surface area contributed by atoms with Gasteiger partial charge in [0.1, 0.15) is 0 Å².